The number of hydrogen-bond acceptors (Lipinski definition) is 3. The van der Waals surface area contributed by atoms with Crippen molar-refractivity contribution in [2.45, 2.75) is 19.4 Å². The van der Waals surface area contributed by atoms with Gasteiger partial charge < -0.3 is 10.1 Å². The van der Waals surface area contributed by atoms with E-state index in [-0.39, 0.29) is 0 Å². The van der Waals surface area contributed by atoms with Crippen LogP contribution in [0.2, 0.25) is 0 Å². The first kappa shape index (κ1) is 16.0. The van der Waals surface area contributed by atoms with E-state index in [2.05, 4.69) is 61.6 Å². The molecule has 5 heteroatoms. The van der Waals surface area contributed by atoms with Crippen molar-refractivity contribution in [3.05, 3.63) is 49.0 Å². The van der Waals surface area contributed by atoms with Gasteiger partial charge in [0.1, 0.15) is 5.75 Å². The van der Waals surface area contributed by atoms with Gasteiger partial charge in [-0.1, -0.05) is 22.9 Å². The van der Waals surface area contributed by atoms with Gasteiger partial charge >= 0.3 is 0 Å². The minimum Gasteiger partial charge on any atom is -0.496 e. The van der Waals surface area contributed by atoms with Crippen molar-refractivity contribution >= 4 is 43.2 Å². The van der Waals surface area contributed by atoms with Crippen LogP contribution < -0.4 is 10.1 Å². The molecular weight excluding hydrogens is 402 g/mol. The molecule has 0 bridgehead atoms. The second-order valence-corrected chi connectivity index (χ2v) is 7.66. The minimum absolute atomic E-state index is 0.297. The third-order valence-electron chi connectivity index (χ3n) is 3.11. The Bertz CT molecular complexity index is 571. The topological polar surface area (TPSA) is 21.3 Å². The Kier molecular flexibility index (Phi) is 6.08. The van der Waals surface area contributed by atoms with Gasteiger partial charge in [0.25, 0.3) is 0 Å². The zero-order valence-corrected chi connectivity index (χ0v) is 15.4. The van der Waals surface area contributed by atoms with Crippen LogP contribution in [0.5, 0.6) is 5.75 Å². The van der Waals surface area contributed by atoms with Gasteiger partial charge in [0.15, 0.2) is 0 Å². The van der Waals surface area contributed by atoms with Gasteiger partial charge in [-0.3, -0.25) is 0 Å². The molecule has 0 radical (unpaired) electrons. The van der Waals surface area contributed by atoms with Crippen LogP contribution in [0.15, 0.2) is 37.9 Å². The number of likely N-dealkylation sites (N-methyl/N-ethyl adjacent to an activating group) is 1. The number of methoxy groups -OCH3 is 1. The SMILES string of the molecule is CCNC(Cc1cc(Br)ccc1OC)c1csc(Br)c1. The average molecular weight is 419 g/mol. The van der Waals surface area contributed by atoms with Crippen LogP contribution in [0.1, 0.15) is 24.1 Å². The molecule has 20 heavy (non-hydrogen) atoms. The fraction of sp³-hybridized carbons (Fsp3) is 0.333. The lowest BCUT2D eigenvalue weighted by atomic mass is 10.0. The Morgan fingerprint density at radius 2 is 2.10 bits per heavy atom. The van der Waals surface area contributed by atoms with Gasteiger partial charge in [-0.25, -0.2) is 0 Å². The number of halogens is 2. The fourth-order valence-electron chi connectivity index (χ4n) is 2.19. The Labute approximate surface area is 140 Å². The number of ether oxygens (including phenoxy) is 1. The normalized spacial score (nSPS) is 12.4. The third-order valence-corrected chi connectivity index (χ3v) is 5.12. The maximum Gasteiger partial charge on any atom is 0.122 e. The Morgan fingerprint density at radius 1 is 1.30 bits per heavy atom. The summed E-state index contributed by atoms with van der Waals surface area (Å²) in [6.07, 6.45) is 0.902. The lowest BCUT2D eigenvalue weighted by molar-refractivity contribution is 0.405. The molecule has 1 atom stereocenters. The van der Waals surface area contributed by atoms with Crippen molar-refractivity contribution in [2.24, 2.45) is 0 Å². The maximum absolute atomic E-state index is 5.47. The molecule has 0 aliphatic carbocycles. The lowest BCUT2D eigenvalue weighted by Crippen LogP contribution is -2.22. The Morgan fingerprint density at radius 3 is 2.70 bits per heavy atom. The van der Waals surface area contributed by atoms with E-state index in [1.807, 2.05) is 12.1 Å². The van der Waals surface area contributed by atoms with Gasteiger partial charge in [0.2, 0.25) is 0 Å². The van der Waals surface area contributed by atoms with E-state index in [0.29, 0.717) is 6.04 Å². The number of thiophene rings is 1. The first-order chi connectivity index (χ1) is 9.63. The highest BCUT2D eigenvalue weighted by atomic mass is 79.9. The predicted molar refractivity (Wildman–Crippen MR) is 92.8 cm³/mol. The first-order valence-electron chi connectivity index (χ1n) is 6.43. The number of nitrogens with one attached hydrogen (secondary N) is 1. The molecule has 108 valence electrons. The van der Waals surface area contributed by atoms with Crippen molar-refractivity contribution in [1.29, 1.82) is 0 Å². The van der Waals surface area contributed by atoms with Crippen molar-refractivity contribution in [2.75, 3.05) is 13.7 Å². The minimum atomic E-state index is 0.297. The zero-order valence-electron chi connectivity index (χ0n) is 11.5. The molecule has 2 nitrogen and oxygen atoms in total. The molecule has 1 aromatic carbocycles. The summed E-state index contributed by atoms with van der Waals surface area (Å²) in [5, 5.41) is 5.74. The van der Waals surface area contributed by atoms with Crippen LogP contribution in [0.4, 0.5) is 0 Å². The van der Waals surface area contributed by atoms with Gasteiger partial charge in [-0.15, -0.1) is 11.3 Å². The van der Waals surface area contributed by atoms with E-state index in [9.17, 15) is 0 Å². The van der Waals surface area contributed by atoms with E-state index < -0.39 is 0 Å². The lowest BCUT2D eigenvalue weighted by Gasteiger charge is -2.18. The summed E-state index contributed by atoms with van der Waals surface area (Å²) in [7, 11) is 1.72. The molecule has 0 fully saturated rings. The monoisotopic (exact) mass is 417 g/mol. The molecule has 0 saturated carbocycles. The smallest absolute Gasteiger partial charge is 0.122 e. The van der Waals surface area contributed by atoms with Crippen molar-refractivity contribution < 1.29 is 4.74 Å². The van der Waals surface area contributed by atoms with E-state index >= 15 is 0 Å². The summed E-state index contributed by atoms with van der Waals surface area (Å²) in [5.41, 5.74) is 2.51. The first-order valence-corrected chi connectivity index (χ1v) is 8.90. The van der Waals surface area contributed by atoms with E-state index in [0.717, 1.165) is 27.0 Å². The molecule has 1 N–H and O–H groups in total. The molecule has 1 heterocycles. The Balaban J connectivity index is 2.26. The summed E-state index contributed by atoms with van der Waals surface area (Å²) in [5.74, 6) is 0.936. The van der Waals surface area contributed by atoms with Crippen LogP contribution >= 0.6 is 43.2 Å². The zero-order chi connectivity index (χ0) is 14.5. The molecule has 2 rings (SSSR count). The quantitative estimate of drug-likeness (QED) is 0.698. The number of rotatable bonds is 6. The average Bonchev–Trinajstić information content (AvgIpc) is 2.85. The highest BCUT2D eigenvalue weighted by Gasteiger charge is 2.15. The highest BCUT2D eigenvalue weighted by molar-refractivity contribution is 9.11. The van der Waals surface area contributed by atoms with Gasteiger partial charge in [0.05, 0.1) is 10.9 Å². The van der Waals surface area contributed by atoms with Crippen molar-refractivity contribution in [3.8, 4) is 5.75 Å². The summed E-state index contributed by atoms with van der Waals surface area (Å²) in [4.78, 5) is 0. The molecular formula is C15H17Br2NOS. The van der Waals surface area contributed by atoms with Crippen molar-refractivity contribution in [1.82, 2.24) is 5.32 Å². The molecule has 0 saturated heterocycles. The summed E-state index contributed by atoms with van der Waals surface area (Å²) in [6, 6.07) is 8.62. The molecule has 0 aliphatic rings. The second kappa shape index (κ2) is 7.59. The van der Waals surface area contributed by atoms with Crippen LogP contribution in [0, 0.1) is 0 Å². The molecule has 0 amide bonds. The number of benzene rings is 1. The maximum atomic E-state index is 5.47. The molecule has 0 aliphatic heterocycles. The number of hydrogen-bond donors (Lipinski definition) is 1. The van der Waals surface area contributed by atoms with Crippen LogP contribution in [-0.4, -0.2) is 13.7 Å². The van der Waals surface area contributed by atoms with Gasteiger partial charge in [-0.2, -0.15) is 0 Å². The summed E-state index contributed by atoms with van der Waals surface area (Å²) < 4.78 is 7.71. The van der Waals surface area contributed by atoms with E-state index in [4.69, 9.17) is 4.74 Å². The molecule has 2 aromatic rings. The van der Waals surface area contributed by atoms with Gasteiger partial charge in [-0.05, 0) is 69.7 Å². The van der Waals surface area contributed by atoms with E-state index in [1.54, 1.807) is 18.4 Å². The summed E-state index contributed by atoms with van der Waals surface area (Å²) >= 11 is 8.79. The second-order valence-electron chi connectivity index (χ2n) is 4.45. The van der Waals surface area contributed by atoms with Crippen LogP contribution in [0.3, 0.4) is 0 Å². The predicted octanol–water partition coefficient (Wildman–Crippen LogP) is 5.18. The summed E-state index contributed by atoms with van der Waals surface area (Å²) in [6.45, 7) is 3.07. The third kappa shape index (κ3) is 4.07. The van der Waals surface area contributed by atoms with Crippen LogP contribution in [-0.2, 0) is 6.42 Å². The standard InChI is InChI=1S/C15H17Br2NOS/c1-3-18-13(11-8-15(17)20-9-11)7-10-6-12(16)4-5-14(10)19-2/h4-6,8-9,13,18H,3,7H2,1-2H3. The fourth-order valence-corrected chi connectivity index (χ4v) is 3.83. The Hall–Kier alpha value is -0.360. The highest BCUT2D eigenvalue weighted by Crippen LogP contribution is 2.31. The largest absolute Gasteiger partial charge is 0.496 e. The molecule has 1 aromatic heterocycles. The molecule has 0 spiro atoms. The van der Waals surface area contributed by atoms with Crippen LogP contribution in [0.25, 0.3) is 0 Å². The van der Waals surface area contributed by atoms with Gasteiger partial charge in [0, 0.05) is 10.5 Å². The van der Waals surface area contributed by atoms with E-state index in [1.165, 1.54) is 11.1 Å². The molecule has 1 unspecified atom stereocenters. The van der Waals surface area contributed by atoms with Crippen molar-refractivity contribution in [3.63, 3.8) is 0 Å².